The second-order valence-corrected chi connectivity index (χ2v) is 9.64. The van der Waals surface area contributed by atoms with Crippen molar-refractivity contribution in [3.63, 3.8) is 0 Å². The van der Waals surface area contributed by atoms with E-state index in [4.69, 9.17) is 13.9 Å². The Bertz CT molecular complexity index is 680. The highest BCUT2D eigenvalue weighted by Crippen LogP contribution is 2.19. The number of Topliss-reactive ketones (excluding diaryl/α,β-unsaturated/α-hetero) is 1. The lowest BCUT2D eigenvalue weighted by Gasteiger charge is -2.31. The van der Waals surface area contributed by atoms with Gasteiger partial charge in [0.2, 0.25) is 5.78 Å². The van der Waals surface area contributed by atoms with Crippen LogP contribution in [0.3, 0.4) is 0 Å². The van der Waals surface area contributed by atoms with Gasteiger partial charge in [0.1, 0.15) is 6.42 Å². The predicted octanol–water partition coefficient (Wildman–Crippen LogP) is 7.31. The second-order valence-electron chi connectivity index (χ2n) is 9.64. The summed E-state index contributed by atoms with van der Waals surface area (Å²) in [6, 6.07) is 3.22. The lowest BCUT2D eigenvalue weighted by atomic mass is 10.1. The van der Waals surface area contributed by atoms with E-state index in [9.17, 15) is 9.59 Å². The quantitative estimate of drug-likeness (QED) is 0.0900. The van der Waals surface area contributed by atoms with Crippen LogP contribution in [0.2, 0.25) is 0 Å². The topological polar surface area (TPSA) is 69.0 Å². The molecule has 6 nitrogen and oxygen atoms in total. The number of likely N-dealkylation sites (tertiary alicyclic amines) is 1. The van der Waals surface area contributed by atoms with Crippen molar-refractivity contribution in [1.82, 2.24) is 4.90 Å². The third-order valence-electron chi connectivity index (χ3n) is 6.61. The van der Waals surface area contributed by atoms with Crippen molar-refractivity contribution in [3.8, 4) is 5.95 Å². The van der Waals surface area contributed by atoms with Crippen LogP contribution in [-0.4, -0.2) is 42.6 Å². The van der Waals surface area contributed by atoms with Gasteiger partial charge in [-0.1, -0.05) is 84.0 Å². The lowest BCUT2D eigenvalue weighted by Crippen LogP contribution is -2.40. The Balaban J connectivity index is 1.49. The van der Waals surface area contributed by atoms with Gasteiger partial charge in [-0.2, -0.15) is 0 Å². The molecule has 1 aliphatic rings. The first-order valence-corrected chi connectivity index (χ1v) is 13.8. The van der Waals surface area contributed by atoms with E-state index in [1.165, 1.54) is 70.6 Å². The fraction of sp³-hybridized carbons (Fsp3) is 0.786. The number of nitrogens with zero attached hydrogens (tertiary/aromatic N) is 1. The van der Waals surface area contributed by atoms with E-state index < -0.39 is 5.97 Å². The van der Waals surface area contributed by atoms with Crippen molar-refractivity contribution in [3.05, 3.63) is 17.9 Å². The molecule has 0 bridgehead atoms. The third kappa shape index (κ3) is 12.0. The molecule has 1 fully saturated rings. The Kier molecular flexibility index (Phi) is 14.7. The van der Waals surface area contributed by atoms with E-state index in [1.807, 2.05) is 6.92 Å². The molecule has 0 saturated carbocycles. The molecule has 0 aliphatic carbocycles. The molecule has 1 aliphatic heterocycles. The third-order valence-corrected chi connectivity index (χ3v) is 6.61. The number of carbonyl (C=O) groups is 2. The minimum atomic E-state index is -0.515. The maximum absolute atomic E-state index is 12.4. The molecule has 1 aromatic rings. The largest absolute Gasteiger partial charge is 0.465 e. The number of hydrogen-bond acceptors (Lipinski definition) is 6. The summed E-state index contributed by atoms with van der Waals surface area (Å²) in [7, 11) is 0. The number of carbonyl (C=O) groups excluding carboxylic acids is 2. The molecule has 1 saturated heterocycles. The number of ether oxygens (including phenoxy) is 2. The highest BCUT2D eigenvalue weighted by Gasteiger charge is 2.23. The zero-order valence-corrected chi connectivity index (χ0v) is 21.7. The van der Waals surface area contributed by atoms with Crippen LogP contribution < -0.4 is 4.74 Å². The molecule has 0 spiro atoms. The molecular weight excluding hydrogens is 430 g/mol. The molecule has 34 heavy (non-hydrogen) atoms. The van der Waals surface area contributed by atoms with E-state index in [1.54, 1.807) is 12.1 Å². The number of ketones is 1. The Morgan fingerprint density at radius 1 is 0.882 bits per heavy atom. The lowest BCUT2D eigenvalue weighted by molar-refractivity contribution is -0.157. The van der Waals surface area contributed by atoms with E-state index in [0.29, 0.717) is 12.6 Å². The molecule has 0 radical (unpaired) electrons. The first kappa shape index (κ1) is 28.4. The summed E-state index contributed by atoms with van der Waals surface area (Å²) >= 11 is 0. The zero-order chi connectivity index (χ0) is 24.4. The van der Waals surface area contributed by atoms with Crippen LogP contribution in [0.25, 0.3) is 0 Å². The fourth-order valence-corrected chi connectivity index (χ4v) is 4.47. The van der Waals surface area contributed by atoms with Crippen LogP contribution in [0.1, 0.15) is 127 Å². The molecule has 1 atom stereocenters. The number of rotatable bonds is 19. The number of piperidine rings is 1. The number of unbranched alkanes of at least 4 members (excludes halogenated alkanes) is 11. The summed E-state index contributed by atoms with van der Waals surface area (Å²) < 4.78 is 16.6. The standard InChI is InChI=1S/C28H47NO5/c1-3-4-5-6-7-8-9-10-11-12-13-17-22-32-28-19-18-26(34-28)25(30)23-27(31)33-24(2)29-20-15-14-16-21-29/h18-19,24H,3-17,20-23H2,1-2H3. The van der Waals surface area contributed by atoms with Crippen molar-refractivity contribution in [2.75, 3.05) is 19.7 Å². The first-order chi connectivity index (χ1) is 16.6. The normalized spacial score (nSPS) is 15.2. The predicted molar refractivity (Wildman–Crippen MR) is 135 cm³/mol. The summed E-state index contributed by atoms with van der Waals surface area (Å²) in [6.07, 6.45) is 18.4. The van der Waals surface area contributed by atoms with Gasteiger partial charge in [0, 0.05) is 19.2 Å². The van der Waals surface area contributed by atoms with Gasteiger partial charge in [0.15, 0.2) is 12.0 Å². The summed E-state index contributed by atoms with van der Waals surface area (Å²) in [5.41, 5.74) is 0. The van der Waals surface area contributed by atoms with Gasteiger partial charge in [0.25, 0.3) is 5.95 Å². The summed E-state index contributed by atoms with van der Waals surface area (Å²) in [5, 5.41) is 0. The smallest absolute Gasteiger partial charge is 0.315 e. The monoisotopic (exact) mass is 477 g/mol. The van der Waals surface area contributed by atoms with Crippen LogP contribution in [0.5, 0.6) is 5.95 Å². The average Bonchev–Trinajstić information content (AvgIpc) is 3.31. The Hall–Kier alpha value is -1.82. The van der Waals surface area contributed by atoms with Crippen molar-refractivity contribution < 1.29 is 23.5 Å². The van der Waals surface area contributed by atoms with Gasteiger partial charge in [-0.25, -0.2) is 0 Å². The Labute approximate surface area is 206 Å². The summed E-state index contributed by atoms with van der Waals surface area (Å²) in [4.78, 5) is 26.6. The van der Waals surface area contributed by atoms with E-state index in [-0.39, 0.29) is 24.2 Å². The van der Waals surface area contributed by atoms with Crippen LogP contribution in [0.15, 0.2) is 16.5 Å². The molecule has 1 aromatic heterocycles. The molecule has 2 heterocycles. The maximum atomic E-state index is 12.4. The van der Waals surface area contributed by atoms with E-state index in [2.05, 4.69) is 11.8 Å². The number of esters is 1. The van der Waals surface area contributed by atoms with Crippen LogP contribution in [-0.2, 0) is 9.53 Å². The molecule has 0 aromatic carbocycles. The number of hydrogen-bond donors (Lipinski definition) is 0. The van der Waals surface area contributed by atoms with Crippen molar-refractivity contribution in [2.45, 2.75) is 123 Å². The van der Waals surface area contributed by atoms with Crippen LogP contribution in [0.4, 0.5) is 0 Å². The Morgan fingerprint density at radius 2 is 1.47 bits per heavy atom. The average molecular weight is 478 g/mol. The molecule has 1 unspecified atom stereocenters. The fourth-order valence-electron chi connectivity index (χ4n) is 4.47. The summed E-state index contributed by atoms with van der Waals surface area (Å²) in [6.45, 7) is 6.56. The van der Waals surface area contributed by atoms with Gasteiger partial charge in [-0.3, -0.25) is 14.5 Å². The molecule has 0 amide bonds. The van der Waals surface area contributed by atoms with Gasteiger partial charge in [-0.05, 0) is 32.3 Å². The minimum Gasteiger partial charge on any atom is -0.465 e. The first-order valence-electron chi connectivity index (χ1n) is 13.8. The van der Waals surface area contributed by atoms with E-state index >= 15 is 0 Å². The van der Waals surface area contributed by atoms with Gasteiger partial charge in [0.05, 0.1) is 6.61 Å². The maximum Gasteiger partial charge on any atom is 0.315 e. The van der Waals surface area contributed by atoms with Gasteiger partial charge >= 0.3 is 5.97 Å². The zero-order valence-electron chi connectivity index (χ0n) is 21.7. The molecule has 6 heteroatoms. The second kappa shape index (κ2) is 17.6. The SMILES string of the molecule is CCCCCCCCCCCCCCOc1ccc(C(=O)CC(=O)OC(C)N2CCCCC2)o1. The minimum absolute atomic E-state index is 0.146. The molecule has 0 N–H and O–H groups in total. The van der Waals surface area contributed by atoms with Gasteiger partial charge < -0.3 is 13.9 Å². The van der Waals surface area contributed by atoms with Gasteiger partial charge in [-0.15, -0.1) is 0 Å². The molecule has 194 valence electrons. The molecule has 2 rings (SSSR count). The number of furan rings is 1. The highest BCUT2D eigenvalue weighted by molar-refractivity contribution is 6.04. The van der Waals surface area contributed by atoms with Crippen molar-refractivity contribution >= 4 is 11.8 Å². The summed E-state index contributed by atoms with van der Waals surface area (Å²) in [5.74, 6) is -0.414. The Morgan fingerprint density at radius 3 is 2.09 bits per heavy atom. The highest BCUT2D eigenvalue weighted by atomic mass is 16.6. The van der Waals surface area contributed by atoms with Crippen molar-refractivity contribution in [1.29, 1.82) is 0 Å². The van der Waals surface area contributed by atoms with Crippen LogP contribution >= 0.6 is 0 Å². The molecular formula is C28H47NO5. The van der Waals surface area contributed by atoms with E-state index in [0.717, 1.165) is 38.8 Å². The van der Waals surface area contributed by atoms with Crippen LogP contribution in [0, 0.1) is 0 Å². The van der Waals surface area contributed by atoms with Crippen molar-refractivity contribution in [2.24, 2.45) is 0 Å².